The summed E-state index contributed by atoms with van der Waals surface area (Å²) in [6.45, 7) is 1.61. The molecule has 0 radical (unpaired) electrons. The molecule has 2 aliphatic rings. The molecule has 4 rings (SSSR count). The fourth-order valence-corrected chi connectivity index (χ4v) is 3.69. The lowest BCUT2D eigenvalue weighted by atomic mass is 9.96. The molecule has 0 saturated carbocycles. The SMILES string of the molecule is O=C(O)[C@H]1CN(C(=O)c2cccc([C@@H]3CCOC3)c2)c2ccccc21. The van der Waals surface area contributed by atoms with E-state index >= 15 is 0 Å². The molecule has 0 spiro atoms. The fourth-order valence-electron chi connectivity index (χ4n) is 3.69. The van der Waals surface area contributed by atoms with Crippen LogP contribution in [0.3, 0.4) is 0 Å². The Kier molecular flexibility index (Phi) is 4.01. The van der Waals surface area contributed by atoms with Crippen LogP contribution in [0, 0.1) is 0 Å². The van der Waals surface area contributed by atoms with E-state index in [-0.39, 0.29) is 12.5 Å². The maximum absolute atomic E-state index is 13.0. The molecule has 0 aliphatic carbocycles. The first-order chi connectivity index (χ1) is 12.1. The monoisotopic (exact) mass is 337 g/mol. The van der Waals surface area contributed by atoms with E-state index in [9.17, 15) is 14.7 Å². The van der Waals surface area contributed by atoms with E-state index in [4.69, 9.17) is 4.74 Å². The number of nitrogens with zero attached hydrogens (tertiary/aromatic N) is 1. The summed E-state index contributed by atoms with van der Waals surface area (Å²) >= 11 is 0. The number of fused-ring (bicyclic) bond motifs is 1. The number of para-hydroxylation sites is 1. The number of aliphatic carboxylic acids is 1. The molecular weight excluding hydrogens is 318 g/mol. The van der Waals surface area contributed by atoms with Crippen molar-refractivity contribution < 1.29 is 19.4 Å². The van der Waals surface area contributed by atoms with Gasteiger partial charge in [-0.15, -0.1) is 0 Å². The number of anilines is 1. The van der Waals surface area contributed by atoms with Gasteiger partial charge in [-0.05, 0) is 35.7 Å². The number of carbonyl (C=O) groups excluding carboxylic acids is 1. The van der Waals surface area contributed by atoms with Crippen LogP contribution in [0.2, 0.25) is 0 Å². The number of amides is 1. The molecule has 2 aromatic carbocycles. The van der Waals surface area contributed by atoms with Crippen molar-refractivity contribution in [1.82, 2.24) is 0 Å². The van der Waals surface area contributed by atoms with Crippen LogP contribution in [0.25, 0.3) is 0 Å². The van der Waals surface area contributed by atoms with Crippen molar-refractivity contribution in [3.8, 4) is 0 Å². The van der Waals surface area contributed by atoms with Crippen molar-refractivity contribution in [3.63, 3.8) is 0 Å². The molecule has 2 heterocycles. The smallest absolute Gasteiger partial charge is 0.312 e. The molecule has 0 unspecified atom stereocenters. The predicted octanol–water partition coefficient (Wildman–Crippen LogP) is 3.02. The topological polar surface area (TPSA) is 66.8 Å². The highest BCUT2D eigenvalue weighted by Crippen LogP contribution is 2.37. The summed E-state index contributed by atoms with van der Waals surface area (Å²) in [7, 11) is 0. The van der Waals surface area contributed by atoms with Crippen LogP contribution in [0.15, 0.2) is 48.5 Å². The number of carbonyl (C=O) groups is 2. The molecule has 25 heavy (non-hydrogen) atoms. The summed E-state index contributed by atoms with van der Waals surface area (Å²) in [6, 6.07) is 14.8. The van der Waals surface area contributed by atoms with Gasteiger partial charge in [-0.25, -0.2) is 0 Å². The largest absolute Gasteiger partial charge is 0.481 e. The summed E-state index contributed by atoms with van der Waals surface area (Å²) in [5, 5.41) is 9.47. The molecule has 128 valence electrons. The van der Waals surface area contributed by atoms with Crippen LogP contribution in [-0.4, -0.2) is 36.7 Å². The second-order valence-corrected chi connectivity index (χ2v) is 6.55. The van der Waals surface area contributed by atoms with Gasteiger partial charge in [-0.3, -0.25) is 9.59 Å². The zero-order valence-electron chi connectivity index (χ0n) is 13.7. The van der Waals surface area contributed by atoms with Gasteiger partial charge >= 0.3 is 5.97 Å². The maximum atomic E-state index is 13.0. The molecule has 1 fully saturated rings. The average molecular weight is 337 g/mol. The molecule has 0 bridgehead atoms. The third-order valence-electron chi connectivity index (χ3n) is 5.05. The third kappa shape index (κ3) is 2.81. The van der Waals surface area contributed by atoms with Gasteiger partial charge in [0.15, 0.2) is 0 Å². The molecule has 2 atom stereocenters. The standard InChI is InChI=1S/C20H19NO4/c22-19(14-5-3-4-13(10-14)15-8-9-25-12-15)21-11-17(20(23)24)16-6-1-2-7-18(16)21/h1-7,10,15,17H,8-9,11-12H2,(H,23,24)/t15-,17+/m1/s1. The lowest BCUT2D eigenvalue weighted by Gasteiger charge is -2.18. The number of hydrogen-bond donors (Lipinski definition) is 1. The minimum atomic E-state index is -0.903. The summed E-state index contributed by atoms with van der Waals surface area (Å²) in [4.78, 5) is 26.2. The zero-order chi connectivity index (χ0) is 17.4. The Labute approximate surface area is 145 Å². The molecular formula is C20H19NO4. The second-order valence-electron chi connectivity index (χ2n) is 6.55. The van der Waals surface area contributed by atoms with Crippen LogP contribution >= 0.6 is 0 Å². The van der Waals surface area contributed by atoms with E-state index in [0.29, 0.717) is 29.3 Å². The highest BCUT2D eigenvalue weighted by Gasteiger charge is 2.36. The number of benzene rings is 2. The number of carboxylic acid groups (broad SMARTS) is 1. The first-order valence-electron chi connectivity index (χ1n) is 8.46. The molecule has 1 saturated heterocycles. The molecule has 1 N–H and O–H groups in total. The predicted molar refractivity (Wildman–Crippen MR) is 93.1 cm³/mol. The highest BCUT2D eigenvalue weighted by molar-refractivity contribution is 6.08. The Morgan fingerprint density at radius 3 is 2.72 bits per heavy atom. The van der Waals surface area contributed by atoms with Crippen molar-refractivity contribution in [2.24, 2.45) is 0 Å². The van der Waals surface area contributed by atoms with Crippen molar-refractivity contribution >= 4 is 17.6 Å². The van der Waals surface area contributed by atoms with Crippen molar-refractivity contribution in [1.29, 1.82) is 0 Å². The van der Waals surface area contributed by atoms with Gasteiger partial charge in [0.1, 0.15) is 5.92 Å². The lowest BCUT2D eigenvalue weighted by molar-refractivity contribution is -0.138. The zero-order valence-corrected chi connectivity index (χ0v) is 13.7. The Morgan fingerprint density at radius 1 is 1.12 bits per heavy atom. The lowest BCUT2D eigenvalue weighted by Crippen LogP contribution is -2.31. The average Bonchev–Trinajstić information content (AvgIpc) is 3.29. The minimum Gasteiger partial charge on any atom is -0.481 e. The van der Waals surface area contributed by atoms with Crippen molar-refractivity contribution in [2.45, 2.75) is 18.3 Å². The summed E-state index contributed by atoms with van der Waals surface area (Å²) in [5.41, 5.74) is 3.08. The second kappa shape index (κ2) is 6.33. The molecule has 5 heteroatoms. The molecule has 1 amide bonds. The number of hydrogen-bond acceptors (Lipinski definition) is 3. The van der Waals surface area contributed by atoms with E-state index in [1.165, 1.54) is 0 Å². The van der Waals surface area contributed by atoms with Crippen LogP contribution in [-0.2, 0) is 9.53 Å². The Hall–Kier alpha value is -2.66. The number of ether oxygens (including phenoxy) is 1. The van der Waals surface area contributed by atoms with Gasteiger partial charge in [-0.2, -0.15) is 0 Å². The van der Waals surface area contributed by atoms with Gasteiger partial charge in [0.2, 0.25) is 0 Å². The quantitative estimate of drug-likeness (QED) is 0.935. The summed E-state index contributed by atoms with van der Waals surface area (Å²) in [5.74, 6) is -1.41. The fraction of sp³-hybridized carbons (Fsp3) is 0.300. The van der Waals surface area contributed by atoms with Crippen molar-refractivity contribution in [2.75, 3.05) is 24.7 Å². The molecule has 0 aromatic heterocycles. The Balaban J connectivity index is 1.65. The number of carboxylic acids is 1. The Bertz CT molecular complexity index is 826. The van der Waals surface area contributed by atoms with E-state index in [1.54, 1.807) is 17.0 Å². The maximum Gasteiger partial charge on any atom is 0.312 e. The first-order valence-corrected chi connectivity index (χ1v) is 8.46. The van der Waals surface area contributed by atoms with Crippen LogP contribution < -0.4 is 4.90 Å². The van der Waals surface area contributed by atoms with Crippen LogP contribution in [0.1, 0.15) is 39.7 Å². The van der Waals surface area contributed by atoms with Gasteiger partial charge in [0, 0.05) is 30.3 Å². The third-order valence-corrected chi connectivity index (χ3v) is 5.05. The normalized spacial score (nSPS) is 22.0. The first kappa shape index (κ1) is 15.8. The molecule has 2 aromatic rings. The Morgan fingerprint density at radius 2 is 1.96 bits per heavy atom. The summed E-state index contributed by atoms with van der Waals surface area (Å²) in [6.07, 6.45) is 0.964. The van der Waals surface area contributed by atoms with Crippen molar-refractivity contribution in [3.05, 3.63) is 65.2 Å². The van der Waals surface area contributed by atoms with E-state index in [1.807, 2.05) is 36.4 Å². The summed E-state index contributed by atoms with van der Waals surface area (Å²) < 4.78 is 5.44. The van der Waals surface area contributed by atoms with Gasteiger partial charge in [-0.1, -0.05) is 30.3 Å². The van der Waals surface area contributed by atoms with Crippen LogP contribution in [0.4, 0.5) is 5.69 Å². The molecule has 2 aliphatic heterocycles. The van der Waals surface area contributed by atoms with Gasteiger partial charge in [0.05, 0.1) is 6.61 Å². The van der Waals surface area contributed by atoms with E-state index in [2.05, 4.69) is 0 Å². The van der Waals surface area contributed by atoms with E-state index in [0.717, 1.165) is 18.6 Å². The van der Waals surface area contributed by atoms with Gasteiger partial charge < -0.3 is 14.7 Å². The van der Waals surface area contributed by atoms with Crippen LogP contribution in [0.5, 0.6) is 0 Å². The molecule has 5 nitrogen and oxygen atoms in total. The number of rotatable bonds is 3. The minimum absolute atomic E-state index is 0.156. The van der Waals surface area contributed by atoms with Gasteiger partial charge in [0.25, 0.3) is 5.91 Å². The van der Waals surface area contributed by atoms with E-state index < -0.39 is 11.9 Å². The highest BCUT2D eigenvalue weighted by atomic mass is 16.5.